The minimum Gasteiger partial charge on any atom is -0.480 e. The molecule has 0 radical (unpaired) electrons. The van der Waals surface area contributed by atoms with Crippen molar-refractivity contribution in [3.63, 3.8) is 0 Å². The molecule has 308 valence electrons. The number of amides is 2. The average Bonchev–Trinajstić information content (AvgIpc) is 3.21. The lowest BCUT2D eigenvalue weighted by Crippen LogP contribution is -2.32. The largest absolute Gasteiger partial charge is 0.480 e. The van der Waals surface area contributed by atoms with Crippen LogP contribution >= 0.6 is 0 Å². The number of benzene rings is 1. The topological polar surface area (TPSA) is 182 Å². The van der Waals surface area contributed by atoms with Crippen LogP contribution in [0.25, 0.3) is 0 Å². The number of terminal acetylenes is 2. The van der Waals surface area contributed by atoms with Crippen molar-refractivity contribution in [2.24, 2.45) is 11.8 Å². The number of aliphatic carboxylic acids is 2. The first kappa shape index (κ1) is 50.2. The third kappa shape index (κ3) is 28.3. The quantitative estimate of drug-likeness (QED) is 0.0685. The van der Waals surface area contributed by atoms with Crippen LogP contribution in [0.4, 0.5) is 5.69 Å². The zero-order valence-corrected chi connectivity index (χ0v) is 32.9. The van der Waals surface area contributed by atoms with E-state index in [1.165, 1.54) is 0 Å². The Hall–Kier alpha value is -6.82. The highest BCUT2D eigenvalue weighted by Crippen LogP contribution is 2.15. The summed E-state index contributed by atoms with van der Waals surface area (Å²) in [6.07, 6.45) is 9.29. The van der Waals surface area contributed by atoms with Crippen LogP contribution < -0.4 is 15.5 Å². The molecule has 14 heteroatoms. The van der Waals surface area contributed by atoms with Crippen molar-refractivity contribution in [2.75, 3.05) is 97.1 Å². The summed E-state index contributed by atoms with van der Waals surface area (Å²) in [5.41, 5.74) is 2.16. The molecular formula is C45H47N3O11. The molecule has 0 bridgehead atoms. The molecule has 2 amide bonds. The van der Waals surface area contributed by atoms with Gasteiger partial charge in [-0.1, -0.05) is 24.0 Å². The molecule has 0 aliphatic carbocycles. The van der Waals surface area contributed by atoms with Crippen molar-refractivity contribution in [1.29, 1.82) is 0 Å². The first-order valence-electron chi connectivity index (χ1n) is 18.3. The molecular weight excluding hydrogens is 759 g/mol. The second-order valence-electron chi connectivity index (χ2n) is 11.6. The van der Waals surface area contributed by atoms with Gasteiger partial charge < -0.3 is 49.4 Å². The number of ether oxygens (including phenoxy) is 5. The zero-order valence-electron chi connectivity index (χ0n) is 32.9. The molecule has 0 heterocycles. The van der Waals surface area contributed by atoms with E-state index in [-0.39, 0.29) is 39.1 Å². The summed E-state index contributed by atoms with van der Waals surface area (Å²) in [6, 6.07) is 8.12. The number of aryl methyl sites for hydroxylation is 1. The molecule has 1 aromatic rings. The predicted molar refractivity (Wildman–Crippen MR) is 219 cm³/mol. The molecule has 0 fully saturated rings. The molecule has 0 aromatic heterocycles. The van der Waals surface area contributed by atoms with Crippen LogP contribution in [0.2, 0.25) is 0 Å². The molecule has 1 rings (SSSR count). The minimum atomic E-state index is -1.23. The summed E-state index contributed by atoms with van der Waals surface area (Å²) in [6.45, 7) is 7.04. The Balaban J connectivity index is 2.23. The predicted octanol–water partition coefficient (Wildman–Crippen LogP) is 0.585. The molecule has 14 nitrogen and oxygen atoms in total. The third-order valence-electron chi connectivity index (χ3n) is 7.14. The van der Waals surface area contributed by atoms with Gasteiger partial charge in [0, 0.05) is 31.9 Å². The summed E-state index contributed by atoms with van der Waals surface area (Å²) >= 11 is 0. The number of carbonyl (C=O) groups is 4. The van der Waals surface area contributed by atoms with Gasteiger partial charge >= 0.3 is 11.9 Å². The number of rotatable bonds is 28. The first-order valence-corrected chi connectivity index (χ1v) is 18.3. The van der Waals surface area contributed by atoms with Gasteiger partial charge in [0.15, 0.2) is 0 Å². The van der Waals surface area contributed by atoms with Crippen molar-refractivity contribution in [3.05, 3.63) is 29.8 Å². The highest BCUT2D eigenvalue weighted by molar-refractivity contribution is 5.85. The second kappa shape index (κ2) is 34.4. The fourth-order valence-electron chi connectivity index (χ4n) is 4.35. The molecule has 1 aromatic carbocycles. The number of hydrogen-bond acceptors (Lipinski definition) is 10. The lowest BCUT2D eigenvalue weighted by Gasteiger charge is -2.25. The SMILES string of the molecule is C#CC#CC#CC#CC(CC(=O)NCCOCCOCCOCCN(CCOCCOCCNC(=O)CC(C#CC#CC#CC#C)C(=O)O)c1cccc(C)c1)C(=O)O. The number of nitrogens with zero attached hydrogens (tertiary/aromatic N) is 1. The van der Waals surface area contributed by atoms with Gasteiger partial charge in [0.05, 0.1) is 78.9 Å². The van der Waals surface area contributed by atoms with Crippen LogP contribution in [0.5, 0.6) is 0 Å². The summed E-state index contributed by atoms with van der Waals surface area (Å²) < 4.78 is 28.1. The van der Waals surface area contributed by atoms with E-state index >= 15 is 0 Å². The van der Waals surface area contributed by atoms with E-state index in [2.05, 4.69) is 104 Å². The van der Waals surface area contributed by atoms with Crippen molar-refractivity contribution in [3.8, 4) is 95.7 Å². The molecule has 0 spiro atoms. The van der Waals surface area contributed by atoms with Crippen LogP contribution in [0.1, 0.15) is 18.4 Å². The third-order valence-corrected chi connectivity index (χ3v) is 7.14. The molecule has 0 saturated carbocycles. The first-order chi connectivity index (χ1) is 28.7. The zero-order chi connectivity index (χ0) is 43.2. The summed E-state index contributed by atoms with van der Waals surface area (Å²) in [7, 11) is 0. The van der Waals surface area contributed by atoms with E-state index in [0.717, 1.165) is 11.3 Å². The van der Waals surface area contributed by atoms with Crippen LogP contribution in [-0.4, -0.2) is 126 Å². The fraction of sp³-hybridized carbons (Fsp3) is 0.422. The molecule has 2 atom stereocenters. The van der Waals surface area contributed by atoms with Gasteiger partial charge in [0.2, 0.25) is 11.8 Å². The Labute approximate surface area is 346 Å². The Morgan fingerprint density at radius 2 is 0.983 bits per heavy atom. The molecule has 0 aliphatic heterocycles. The molecule has 2 unspecified atom stereocenters. The maximum Gasteiger partial charge on any atom is 0.319 e. The van der Waals surface area contributed by atoms with Gasteiger partial charge in [-0.15, -0.1) is 12.8 Å². The van der Waals surface area contributed by atoms with Gasteiger partial charge in [-0.05, 0) is 95.7 Å². The Morgan fingerprint density at radius 3 is 1.39 bits per heavy atom. The van der Waals surface area contributed by atoms with Crippen LogP contribution in [0.15, 0.2) is 24.3 Å². The molecule has 0 aliphatic rings. The van der Waals surface area contributed by atoms with Gasteiger partial charge in [-0.25, -0.2) is 0 Å². The van der Waals surface area contributed by atoms with Gasteiger partial charge in [0.25, 0.3) is 0 Å². The number of carboxylic acids is 2. The monoisotopic (exact) mass is 805 g/mol. The smallest absolute Gasteiger partial charge is 0.319 e. The number of carboxylic acid groups (broad SMARTS) is 2. The lowest BCUT2D eigenvalue weighted by molar-refractivity contribution is -0.142. The van der Waals surface area contributed by atoms with Gasteiger partial charge in [-0.2, -0.15) is 0 Å². The van der Waals surface area contributed by atoms with Crippen LogP contribution in [0.3, 0.4) is 0 Å². The van der Waals surface area contributed by atoms with E-state index in [4.69, 9.17) is 36.5 Å². The van der Waals surface area contributed by atoms with Crippen molar-refractivity contribution >= 4 is 29.4 Å². The highest BCUT2D eigenvalue weighted by atomic mass is 16.5. The Morgan fingerprint density at radius 1 is 0.593 bits per heavy atom. The second-order valence-corrected chi connectivity index (χ2v) is 11.6. The van der Waals surface area contributed by atoms with Crippen molar-refractivity contribution in [1.82, 2.24) is 10.6 Å². The normalized spacial score (nSPS) is 10.3. The van der Waals surface area contributed by atoms with Crippen molar-refractivity contribution < 1.29 is 53.1 Å². The van der Waals surface area contributed by atoms with E-state index in [9.17, 15) is 29.4 Å². The lowest BCUT2D eigenvalue weighted by atomic mass is 10.1. The van der Waals surface area contributed by atoms with Crippen LogP contribution in [0, 0.1) is 114 Å². The van der Waals surface area contributed by atoms with E-state index in [1.807, 2.05) is 25.1 Å². The maximum absolute atomic E-state index is 12.1. The Kier molecular flexibility index (Phi) is 29.3. The van der Waals surface area contributed by atoms with Gasteiger partial charge in [0.1, 0.15) is 11.8 Å². The molecule has 0 saturated heterocycles. The highest BCUT2D eigenvalue weighted by Gasteiger charge is 2.19. The average molecular weight is 806 g/mol. The standard InChI is InChI=1S/C45H47N3O11/c1-4-6-8-10-12-14-18-39(44(51)52)36-42(49)46-21-25-55-29-31-57-27-23-48(41-20-16-17-38(3)35-41)24-28-58-32-34-59-33-30-56-26-22-47-43(50)37-40(45(53)54)19-15-13-11-9-7-5-2/h1-2,16-17,20,35,39-40H,21-34,36-37H2,3H3,(H,46,49)(H,47,50)(H,51,52)(H,53,54). The molecule has 4 N–H and O–H groups in total. The van der Waals surface area contributed by atoms with E-state index in [1.54, 1.807) is 0 Å². The fourth-order valence-corrected chi connectivity index (χ4v) is 4.35. The van der Waals surface area contributed by atoms with E-state index in [0.29, 0.717) is 65.9 Å². The number of anilines is 1. The number of carbonyl (C=O) groups excluding carboxylic acids is 2. The molecule has 59 heavy (non-hydrogen) atoms. The minimum absolute atomic E-state index is 0.196. The van der Waals surface area contributed by atoms with Crippen molar-refractivity contribution in [2.45, 2.75) is 19.8 Å². The van der Waals surface area contributed by atoms with Gasteiger partial charge in [-0.3, -0.25) is 19.2 Å². The summed E-state index contributed by atoms with van der Waals surface area (Å²) in [4.78, 5) is 49.1. The number of hydrogen-bond donors (Lipinski definition) is 4. The van der Waals surface area contributed by atoms with E-state index < -0.39 is 35.6 Å². The number of nitrogens with one attached hydrogen (secondary N) is 2. The maximum atomic E-state index is 12.1. The van der Waals surface area contributed by atoms with Crippen LogP contribution in [-0.2, 0) is 42.9 Å². The Bertz CT molecular complexity index is 1980. The summed E-state index contributed by atoms with van der Waals surface area (Å²) in [5.74, 6) is 26.6. The summed E-state index contributed by atoms with van der Waals surface area (Å²) in [5, 5.41) is 23.8.